The average molecular weight is 251 g/mol. The molecule has 0 radical (unpaired) electrons. The van der Waals surface area contributed by atoms with Gasteiger partial charge in [0.05, 0.1) is 12.3 Å². The van der Waals surface area contributed by atoms with Crippen molar-refractivity contribution in [3.8, 4) is 0 Å². The van der Waals surface area contributed by atoms with Crippen LogP contribution in [0.4, 0.5) is 13.2 Å². The van der Waals surface area contributed by atoms with Gasteiger partial charge in [0.2, 0.25) is 0 Å². The van der Waals surface area contributed by atoms with Crippen LogP contribution >= 0.6 is 0 Å². The van der Waals surface area contributed by atoms with Gasteiger partial charge in [-0.1, -0.05) is 5.21 Å². The lowest BCUT2D eigenvalue weighted by Gasteiger charge is -2.17. The first kappa shape index (κ1) is 13.6. The Balaban J connectivity index is 3.06. The Hall–Kier alpha value is -1.44. The molecule has 0 saturated heterocycles. The van der Waals surface area contributed by atoms with Crippen molar-refractivity contribution in [3.05, 3.63) is 11.4 Å². The molecule has 17 heavy (non-hydrogen) atoms. The summed E-state index contributed by atoms with van der Waals surface area (Å²) in [6.45, 7) is 1.15. The monoisotopic (exact) mass is 251 g/mol. The van der Waals surface area contributed by atoms with Gasteiger partial charge < -0.3 is 4.74 Å². The molecule has 96 valence electrons. The molecule has 0 aromatic carbocycles. The van der Waals surface area contributed by atoms with Crippen molar-refractivity contribution in [1.82, 2.24) is 15.0 Å². The van der Waals surface area contributed by atoms with Crippen molar-refractivity contribution in [2.75, 3.05) is 13.7 Å². The van der Waals surface area contributed by atoms with Crippen molar-refractivity contribution < 1.29 is 22.7 Å². The third-order valence-corrected chi connectivity index (χ3v) is 2.32. The fourth-order valence-corrected chi connectivity index (χ4v) is 1.31. The predicted octanol–water partition coefficient (Wildman–Crippen LogP) is 1.40. The first-order valence-corrected chi connectivity index (χ1v) is 4.86. The van der Waals surface area contributed by atoms with Crippen LogP contribution in [-0.4, -0.2) is 41.2 Å². The highest BCUT2D eigenvalue weighted by atomic mass is 19.4. The molecule has 0 aliphatic rings. The highest BCUT2D eigenvalue weighted by Crippen LogP contribution is 2.30. The highest BCUT2D eigenvalue weighted by Gasteiger charge is 2.39. The third kappa shape index (κ3) is 3.02. The minimum Gasteiger partial charge on any atom is -0.384 e. The second-order valence-electron chi connectivity index (χ2n) is 3.44. The van der Waals surface area contributed by atoms with Gasteiger partial charge in [0.15, 0.2) is 6.29 Å². The average Bonchev–Trinajstić information content (AvgIpc) is 2.66. The maximum atomic E-state index is 12.5. The number of halogens is 3. The van der Waals surface area contributed by atoms with Gasteiger partial charge in [-0.3, -0.25) is 4.79 Å². The number of hydrogen-bond acceptors (Lipinski definition) is 4. The normalized spacial score (nSPS) is 13.7. The molecule has 0 aliphatic carbocycles. The molecule has 0 amide bonds. The summed E-state index contributed by atoms with van der Waals surface area (Å²) in [7, 11) is 1.42. The number of carbonyl (C=O) groups is 1. The molecular formula is C9H12F3N3O2. The first-order chi connectivity index (χ1) is 7.91. The summed E-state index contributed by atoms with van der Waals surface area (Å²) in [6, 6.07) is -1.82. The molecule has 0 bridgehead atoms. The zero-order valence-electron chi connectivity index (χ0n) is 9.36. The number of carbonyl (C=O) groups excluding carboxylic acids is 1. The van der Waals surface area contributed by atoms with Crippen molar-refractivity contribution in [3.63, 3.8) is 0 Å². The summed E-state index contributed by atoms with van der Waals surface area (Å²) in [5, 5.41) is 6.78. The van der Waals surface area contributed by atoms with Crippen LogP contribution in [0.15, 0.2) is 0 Å². The van der Waals surface area contributed by atoms with Crippen molar-refractivity contribution in [2.24, 2.45) is 0 Å². The Morgan fingerprint density at radius 1 is 1.53 bits per heavy atom. The molecule has 1 rings (SSSR count). The van der Waals surface area contributed by atoms with E-state index < -0.39 is 12.2 Å². The minimum atomic E-state index is -4.43. The topological polar surface area (TPSA) is 57.0 Å². The third-order valence-electron chi connectivity index (χ3n) is 2.32. The van der Waals surface area contributed by atoms with Crippen LogP contribution in [0.2, 0.25) is 0 Å². The Labute approximate surface area is 95.6 Å². The molecule has 1 unspecified atom stereocenters. The van der Waals surface area contributed by atoms with E-state index in [-0.39, 0.29) is 24.4 Å². The smallest absolute Gasteiger partial charge is 0.384 e. The quantitative estimate of drug-likeness (QED) is 0.742. The molecule has 1 aromatic rings. The van der Waals surface area contributed by atoms with E-state index in [0.29, 0.717) is 11.0 Å². The van der Waals surface area contributed by atoms with Crippen LogP contribution in [0.3, 0.4) is 0 Å². The number of nitrogens with zero attached hydrogens (tertiary/aromatic N) is 3. The molecule has 5 nitrogen and oxygen atoms in total. The van der Waals surface area contributed by atoms with Gasteiger partial charge in [0.25, 0.3) is 0 Å². The molecule has 1 atom stereocenters. The van der Waals surface area contributed by atoms with Gasteiger partial charge in [-0.05, 0) is 6.92 Å². The van der Waals surface area contributed by atoms with E-state index >= 15 is 0 Å². The number of aldehydes is 1. The lowest BCUT2D eigenvalue weighted by molar-refractivity contribution is -0.166. The van der Waals surface area contributed by atoms with E-state index in [1.807, 2.05) is 0 Å². The fourth-order valence-electron chi connectivity index (χ4n) is 1.31. The second-order valence-corrected chi connectivity index (χ2v) is 3.44. The van der Waals surface area contributed by atoms with Gasteiger partial charge in [-0.2, -0.15) is 13.2 Å². The van der Waals surface area contributed by atoms with E-state index in [1.54, 1.807) is 0 Å². The fraction of sp³-hybridized carbons (Fsp3) is 0.667. The zero-order chi connectivity index (χ0) is 13.1. The molecule has 1 heterocycles. The highest BCUT2D eigenvalue weighted by molar-refractivity contribution is 5.73. The molecule has 0 fully saturated rings. The number of methoxy groups -OCH3 is 1. The van der Waals surface area contributed by atoms with Crippen molar-refractivity contribution in [1.29, 1.82) is 0 Å². The Morgan fingerprint density at radius 3 is 2.65 bits per heavy atom. The minimum absolute atomic E-state index is 0.0850. The summed E-state index contributed by atoms with van der Waals surface area (Å²) >= 11 is 0. The van der Waals surface area contributed by atoms with Crippen molar-refractivity contribution >= 4 is 6.29 Å². The van der Waals surface area contributed by atoms with Crippen LogP contribution in [-0.2, 0) is 11.2 Å². The largest absolute Gasteiger partial charge is 0.410 e. The first-order valence-electron chi connectivity index (χ1n) is 4.86. The molecule has 0 N–H and O–H groups in total. The number of hydrogen-bond donors (Lipinski definition) is 0. The summed E-state index contributed by atoms with van der Waals surface area (Å²) < 4.78 is 43.1. The lowest BCUT2D eigenvalue weighted by Crippen LogP contribution is -2.26. The van der Waals surface area contributed by atoms with E-state index in [0.717, 1.165) is 6.92 Å². The summed E-state index contributed by atoms with van der Waals surface area (Å²) in [5.74, 6) is 0. The van der Waals surface area contributed by atoms with Gasteiger partial charge >= 0.3 is 6.18 Å². The molecule has 0 saturated carbocycles. The van der Waals surface area contributed by atoms with Gasteiger partial charge in [-0.25, -0.2) is 4.68 Å². The van der Waals surface area contributed by atoms with E-state index in [4.69, 9.17) is 4.74 Å². The van der Waals surface area contributed by atoms with Gasteiger partial charge in [0.1, 0.15) is 11.7 Å². The molecule has 0 aliphatic heterocycles. The van der Waals surface area contributed by atoms with Crippen LogP contribution in [0.1, 0.15) is 29.1 Å². The van der Waals surface area contributed by atoms with E-state index in [1.165, 1.54) is 7.11 Å². The summed E-state index contributed by atoms with van der Waals surface area (Å²) in [5.41, 5.74) is 0.0461. The van der Waals surface area contributed by atoms with Crippen LogP contribution < -0.4 is 0 Å². The summed E-state index contributed by atoms with van der Waals surface area (Å²) in [6.07, 6.45) is -3.90. The van der Waals surface area contributed by atoms with Crippen LogP contribution in [0.25, 0.3) is 0 Å². The molecule has 1 aromatic heterocycles. The number of aromatic nitrogens is 3. The predicted molar refractivity (Wildman–Crippen MR) is 51.8 cm³/mol. The second kappa shape index (κ2) is 5.26. The SMILES string of the molecule is COCCc1c(C=O)nnn1C(C)C(F)(F)F. The number of alkyl halides is 3. The lowest BCUT2D eigenvalue weighted by atomic mass is 10.2. The maximum absolute atomic E-state index is 12.5. The van der Waals surface area contributed by atoms with Gasteiger partial charge in [-0.15, -0.1) is 5.10 Å². The Bertz CT molecular complexity index is 389. The van der Waals surface area contributed by atoms with Crippen molar-refractivity contribution in [2.45, 2.75) is 25.6 Å². The number of rotatable bonds is 5. The molecular weight excluding hydrogens is 239 g/mol. The Morgan fingerprint density at radius 2 is 2.18 bits per heavy atom. The van der Waals surface area contributed by atoms with Gasteiger partial charge in [0, 0.05) is 13.5 Å². The number of ether oxygens (including phenoxy) is 1. The summed E-state index contributed by atoms with van der Waals surface area (Å²) in [4.78, 5) is 10.6. The van der Waals surface area contributed by atoms with E-state index in [9.17, 15) is 18.0 Å². The van der Waals surface area contributed by atoms with E-state index in [2.05, 4.69) is 10.3 Å². The standard InChI is InChI=1S/C9H12F3N3O2/c1-6(9(10,11)12)15-8(3-4-17-2)7(5-16)13-14-15/h5-6H,3-4H2,1-2H3. The van der Waals surface area contributed by atoms with Crippen LogP contribution in [0.5, 0.6) is 0 Å². The Kier molecular flexibility index (Phi) is 4.22. The molecule has 0 spiro atoms. The maximum Gasteiger partial charge on any atom is 0.410 e. The zero-order valence-corrected chi connectivity index (χ0v) is 9.36. The molecule has 8 heteroatoms. The van der Waals surface area contributed by atoms with Crippen LogP contribution in [0, 0.1) is 0 Å².